The highest BCUT2D eigenvalue weighted by Crippen LogP contribution is 2.30. The number of nitrogens with one attached hydrogen (secondary N) is 1. The van der Waals surface area contributed by atoms with Gasteiger partial charge in [-0.1, -0.05) is 0 Å². The molecular formula is C9H6F5NO3. The molecule has 0 aliphatic rings. The van der Waals surface area contributed by atoms with Gasteiger partial charge in [0.15, 0.2) is 0 Å². The lowest BCUT2D eigenvalue weighted by atomic mass is 10.1. The fourth-order valence-corrected chi connectivity index (χ4v) is 1.23. The predicted molar refractivity (Wildman–Crippen MR) is 48.4 cm³/mol. The Morgan fingerprint density at radius 3 is 2.33 bits per heavy atom. The molecule has 1 aromatic rings. The van der Waals surface area contributed by atoms with E-state index in [-0.39, 0.29) is 6.20 Å². The van der Waals surface area contributed by atoms with Gasteiger partial charge in [0.25, 0.3) is 6.43 Å². The monoisotopic (exact) mass is 271 g/mol. The summed E-state index contributed by atoms with van der Waals surface area (Å²) in [4.78, 5) is 23.9. The first-order valence-electron chi connectivity index (χ1n) is 4.39. The van der Waals surface area contributed by atoms with Gasteiger partial charge in [0.2, 0.25) is 5.43 Å². The molecule has 0 radical (unpaired) electrons. The number of aromatic amines is 1. The van der Waals surface area contributed by atoms with Crippen LogP contribution in [-0.2, 0) is 10.9 Å². The van der Waals surface area contributed by atoms with Gasteiger partial charge in [-0.3, -0.25) is 4.79 Å². The van der Waals surface area contributed by atoms with Crippen LogP contribution in [-0.4, -0.2) is 18.1 Å². The number of aromatic nitrogens is 1. The van der Waals surface area contributed by atoms with Gasteiger partial charge < -0.3 is 9.72 Å². The normalized spacial score (nSPS) is 11.7. The van der Waals surface area contributed by atoms with E-state index in [1.165, 1.54) is 4.98 Å². The fourth-order valence-electron chi connectivity index (χ4n) is 1.23. The number of hydrogen-bond donors (Lipinski definition) is 1. The number of halogens is 5. The molecule has 1 aromatic heterocycles. The van der Waals surface area contributed by atoms with Crippen molar-refractivity contribution >= 4 is 5.97 Å². The summed E-state index contributed by atoms with van der Waals surface area (Å²) in [6.45, 7) is 0. The summed E-state index contributed by atoms with van der Waals surface area (Å²) in [7, 11) is 0.733. The third-order valence-electron chi connectivity index (χ3n) is 2.02. The standard InChI is InChI=1S/C9H6F5NO3/c1-18-8(17)4-5(16)3(7(10)11)2-15-6(4)9(12,13)14/h2,7H,1H3,(H,15,16). The number of rotatable bonds is 2. The Hall–Kier alpha value is -1.93. The lowest BCUT2D eigenvalue weighted by molar-refractivity contribution is -0.141. The predicted octanol–water partition coefficient (Wildman–Crippen LogP) is 2.12. The summed E-state index contributed by atoms with van der Waals surface area (Å²) in [5.74, 6) is -1.63. The first-order valence-corrected chi connectivity index (χ1v) is 4.39. The van der Waals surface area contributed by atoms with Crippen LogP contribution in [0, 0.1) is 0 Å². The van der Waals surface area contributed by atoms with E-state index in [1.807, 2.05) is 0 Å². The Morgan fingerprint density at radius 2 is 1.94 bits per heavy atom. The number of ether oxygens (including phenoxy) is 1. The van der Waals surface area contributed by atoms with Gasteiger partial charge in [-0.15, -0.1) is 0 Å². The van der Waals surface area contributed by atoms with E-state index in [1.54, 1.807) is 0 Å². The average Bonchev–Trinajstić information content (AvgIpc) is 2.25. The summed E-state index contributed by atoms with van der Waals surface area (Å²) in [6.07, 6.45) is -8.15. The van der Waals surface area contributed by atoms with Crippen molar-refractivity contribution in [2.45, 2.75) is 12.6 Å². The van der Waals surface area contributed by atoms with Gasteiger partial charge >= 0.3 is 12.1 Å². The number of esters is 1. The number of H-pyrrole nitrogens is 1. The molecule has 0 amide bonds. The van der Waals surface area contributed by atoms with E-state index >= 15 is 0 Å². The molecule has 1 heterocycles. The van der Waals surface area contributed by atoms with Crippen molar-refractivity contribution in [2.24, 2.45) is 0 Å². The van der Waals surface area contributed by atoms with Crippen molar-refractivity contribution in [3.05, 3.63) is 33.2 Å². The molecular weight excluding hydrogens is 265 g/mol. The summed E-state index contributed by atoms with van der Waals surface area (Å²) >= 11 is 0. The number of alkyl halides is 5. The molecule has 0 aromatic carbocycles. The van der Waals surface area contributed by atoms with Crippen LogP contribution < -0.4 is 5.43 Å². The molecule has 0 spiro atoms. The molecule has 1 N–H and O–H groups in total. The summed E-state index contributed by atoms with van der Waals surface area (Å²) in [5.41, 5.74) is -6.14. The number of hydrogen-bond acceptors (Lipinski definition) is 3. The maximum Gasteiger partial charge on any atom is 0.432 e. The highest BCUT2D eigenvalue weighted by atomic mass is 19.4. The molecule has 0 saturated heterocycles. The van der Waals surface area contributed by atoms with Crippen LogP contribution >= 0.6 is 0 Å². The lowest BCUT2D eigenvalue weighted by Gasteiger charge is -2.11. The van der Waals surface area contributed by atoms with Crippen LogP contribution in [0.15, 0.2) is 11.0 Å². The zero-order chi connectivity index (χ0) is 14.1. The summed E-state index contributed by atoms with van der Waals surface area (Å²) in [6, 6.07) is 0. The Balaban J connectivity index is 3.63. The third-order valence-corrected chi connectivity index (χ3v) is 2.02. The van der Waals surface area contributed by atoms with E-state index in [0.717, 1.165) is 7.11 Å². The first kappa shape index (κ1) is 14.1. The van der Waals surface area contributed by atoms with Crippen LogP contribution in [0.3, 0.4) is 0 Å². The number of pyridine rings is 1. The maximum atomic E-state index is 12.5. The second-order valence-corrected chi connectivity index (χ2v) is 3.11. The van der Waals surface area contributed by atoms with Gasteiger partial charge in [0, 0.05) is 6.20 Å². The molecule has 9 heteroatoms. The lowest BCUT2D eigenvalue weighted by Crippen LogP contribution is -2.27. The molecule has 18 heavy (non-hydrogen) atoms. The Labute approximate surface area is 96.4 Å². The van der Waals surface area contributed by atoms with Crippen molar-refractivity contribution in [1.29, 1.82) is 0 Å². The number of carbonyl (C=O) groups excluding carboxylic acids is 1. The maximum absolute atomic E-state index is 12.5. The van der Waals surface area contributed by atoms with Gasteiger partial charge in [-0.05, 0) is 0 Å². The highest BCUT2D eigenvalue weighted by molar-refractivity contribution is 5.90. The van der Waals surface area contributed by atoms with Crippen LogP contribution in [0.5, 0.6) is 0 Å². The molecule has 0 bridgehead atoms. The van der Waals surface area contributed by atoms with Crippen molar-refractivity contribution in [1.82, 2.24) is 4.98 Å². The van der Waals surface area contributed by atoms with Crippen LogP contribution in [0.1, 0.15) is 28.0 Å². The zero-order valence-corrected chi connectivity index (χ0v) is 8.77. The molecule has 4 nitrogen and oxygen atoms in total. The Kier molecular flexibility index (Phi) is 3.73. The van der Waals surface area contributed by atoms with Crippen LogP contribution in [0.2, 0.25) is 0 Å². The van der Waals surface area contributed by atoms with E-state index in [4.69, 9.17) is 0 Å². The topological polar surface area (TPSA) is 59.2 Å². The molecule has 0 fully saturated rings. The SMILES string of the molecule is COC(=O)c1c(C(F)(F)F)[nH]cc(C(F)F)c1=O. The third kappa shape index (κ3) is 2.49. The summed E-state index contributed by atoms with van der Waals surface area (Å²) in [5, 5.41) is 0. The quantitative estimate of drug-likeness (QED) is 0.662. The van der Waals surface area contributed by atoms with Crippen molar-refractivity contribution in [3.8, 4) is 0 Å². The minimum atomic E-state index is -5.07. The van der Waals surface area contributed by atoms with Gasteiger partial charge in [-0.25, -0.2) is 13.6 Å². The number of carbonyl (C=O) groups is 1. The Bertz CT molecular complexity index is 520. The minimum Gasteiger partial charge on any atom is -0.465 e. The van der Waals surface area contributed by atoms with Crippen LogP contribution in [0.4, 0.5) is 22.0 Å². The molecule has 0 atom stereocenters. The zero-order valence-electron chi connectivity index (χ0n) is 8.77. The van der Waals surface area contributed by atoms with Gasteiger partial charge in [-0.2, -0.15) is 13.2 Å². The second kappa shape index (κ2) is 4.75. The fraction of sp³-hybridized carbons (Fsp3) is 0.333. The molecule has 0 aliphatic carbocycles. The smallest absolute Gasteiger partial charge is 0.432 e. The largest absolute Gasteiger partial charge is 0.465 e. The first-order chi connectivity index (χ1) is 8.20. The average molecular weight is 271 g/mol. The number of methoxy groups -OCH3 is 1. The Morgan fingerprint density at radius 1 is 1.39 bits per heavy atom. The van der Waals surface area contributed by atoms with Crippen molar-refractivity contribution < 1.29 is 31.5 Å². The van der Waals surface area contributed by atoms with E-state index in [0.29, 0.717) is 0 Å². The van der Waals surface area contributed by atoms with Gasteiger partial charge in [0.1, 0.15) is 11.3 Å². The highest BCUT2D eigenvalue weighted by Gasteiger charge is 2.39. The molecule has 0 aliphatic heterocycles. The molecule has 0 unspecified atom stereocenters. The van der Waals surface area contributed by atoms with Gasteiger partial charge in [0.05, 0.1) is 12.7 Å². The molecule has 100 valence electrons. The van der Waals surface area contributed by atoms with Crippen LogP contribution in [0.25, 0.3) is 0 Å². The van der Waals surface area contributed by atoms with E-state index < -0.39 is 40.8 Å². The minimum absolute atomic E-state index is 0.224. The van der Waals surface area contributed by atoms with E-state index in [9.17, 15) is 31.5 Å². The summed E-state index contributed by atoms with van der Waals surface area (Å²) < 4.78 is 66.2. The second-order valence-electron chi connectivity index (χ2n) is 3.11. The van der Waals surface area contributed by atoms with E-state index in [2.05, 4.69) is 4.74 Å². The molecule has 1 rings (SSSR count). The molecule has 0 saturated carbocycles. The van der Waals surface area contributed by atoms with Crippen molar-refractivity contribution in [2.75, 3.05) is 7.11 Å². The van der Waals surface area contributed by atoms with Crippen molar-refractivity contribution in [3.63, 3.8) is 0 Å².